The molecule has 0 aromatic heterocycles. The predicted molar refractivity (Wildman–Crippen MR) is 72.6 cm³/mol. The molecule has 0 saturated carbocycles. The Hall–Kier alpha value is -1.75. The lowest BCUT2D eigenvalue weighted by atomic mass is 10.1. The number of nitrogens with one attached hydrogen (secondary N) is 2. The van der Waals surface area contributed by atoms with Crippen LogP contribution in [0.5, 0.6) is 5.75 Å². The summed E-state index contributed by atoms with van der Waals surface area (Å²) in [7, 11) is 0. The highest BCUT2D eigenvalue weighted by Gasteiger charge is 2.23. The van der Waals surface area contributed by atoms with Crippen LogP contribution in [0.15, 0.2) is 18.2 Å². The van der Waals surface area contributed by atoms with Gasteiger partial charge in [-0.15, -0.1) is 0 Å². The van der Waals surface area contributed by atoms with Crippen molar-refractivity contribution >= 4 is 17.3 Å². The molecule has 5 heteroatoms. The van der Waals surface area contributed by atoms with Crippen molar-refractivity contribution in [2.75, 3.05) is 23.8 Å². The third-order valence-corrected chi connectivity index (χ3v) is 3.50. The second-order valence-corrected chi connectivity index (χ2v) is 4.99. The molecule has 1 unspecified atom stereocenters. The molecular formula is C14H18N2O3. The minimum atomic E-state index is -0.429. The Labute approximate surface area is 112 Å². The maximum atomic E-state index is 11.6. The summed E-state index contributed by atoms with van der Waals surface area (Å²) in [4.78, 5) is 11.6. The maximum absolute atomic E-state index is 11.6. The summed E-state index contributed by atoms with van der Waals surface area (Å²) < 4.78 is 10.9. The van der Waals surface area contributed by atoms with E-state index in [9.17, 15) is 4.79 Å². The second kappa shape index (κ2) is 5.09. The van der Waals surface area contributed by atoms with Crippen molar-refractivity contribution in [2.45, 2.75) is 31.9 Å². The van der Waals surface area contributed by atoms with Gasteiger partial charge in [0.1, 0.15) is 5.75 Å². The molecule has 1 saturated heterocycles. The van der Waals surface area contributed by atoms with Gasteiger partial charge in [0.25, 0.3) is 5.91 Å². The Morgan fingerprint density at radius 3 is 2.89 bits per heavy atom. The minimum absolute atomic E-state index is 0.101. The van der Waals surface area contributed by atoms with E-state index in [1.54, 1.807) is 6.92 Å². The van der Waals surface area contributed by atoms with Gasteiger partial charge in [0.2, 0.25) is 0 Å². The fourth-order valence-corrected chi connectivity index (χ4v) is 2.38. The Morgan fingerprint density at radius 2 is 2.11 bits per heavy atom. The van der Waals surface area contributed by atoms with Gasteiger partial charge in [0.05, 0.1) is 5.69 Å². The van der Waals surface area contributed by atoms with Crippen LogP contribution in [0.3, 0.4) is 0 Å². The Balaban J connectivity index is 1.74. The van der Waals surface area contributed by atoms with Gasteiger partial charge < -0.3 is 20.1 Å². The molecule has 1 amide bonds. The molecule has 5 nitrogen and oxygen atoms in total. The van der Waals surface area contributed by atoms with Crippen LogP contribution in [0.1, 0.15) is 19.8 Å². The van der Waals surface area contributed by atoms with Gasteiger partial charge in [-0.1, -0.05) is 0 Å². The molecule has 0 spiro atoms. The SMILES string of the molecule is CC1Oc2ccc(NC3CCOCC3)cc2NC1=O. The molecule has 0 aliphatic carbocycles. The number of hydrogen-bond donors (Lipinski definition) is 2. The number of benzene rings is 1. The Morgan fingerprint density at radius 1 is 1.32 bits per heavy atom. The van der Waals surface area contributed by atoms with Crippen LogP contribution < -0.4 is 15.4 Å². The lowest BCUT2D eigenvalue weighted by Crippen LogP contribution is -2.34. The quantitative estimate of drug-likeness (QED) is 0.855. The van der Waals surface area contributed by atoms with Crippen molar-refractivity contribution in [3.05, 3.63) is 18.2 Å². The summed E-state index contributed by atoms with van der Waals surface area (Å²) in [5, 5.41) is 6.33. The Bertz CT molecular complexity index is 484. The van der Waals surface area contributed by atoms with Crippen LogP contribution in [0, 0.1) is 0 Å². The average Bonchev–Trinajstić information content (AvgIpc) is 2.42. The highest BCUT2D eigenvalue weighted by molar-refractivity contribution is 5.98. The van der Waals surface area contributed by atoms with Gasteiger partial charge in [-0.2, -0.15) is 0 Å². The monoisotopic (exact) mass is 262 g/mol. The van der Waals surface area contributed by atoms with E-state index in [-0.39, 0.29) is 5.91 Å². The van der Waals surface area contributed by atoms with E-state index in [0.717, 1.165) is 43.2 Å². The number of rotatable bonds is 2. The van der Waals surface area contributed by atoms with Crippen LogP contribution in [0.2, 0.25) is 0 Å². The smallest absolute Gasteiger partial charge is 0.265 e. The largest absolute Gasteiger partial charge is 0.479 e. The molecule has 2 aliphatic heterocycles. The summed E-state index contributed by atoms with van der Waals surface area (Å²) in [6, 6.07) is 6.24. The van der Waals surface area contributed by atoms with Gasteiger partial charge in [-0.05, 0) is 38.0 Å². The topological polar surface area (TPSA) is 59.6 Å². The van der Waals surface area contributed by atoms with Crippen molar-refractivity contribution in [2.24, 2.45) is 0 Å². The zero-order valence-electron chi connectivity index (χ0n) is 10.9. The van der Waals surface area contributed by atoms with E-state index in [0.29, 0.717) is 6.04 Å². The second-order valence-electron chi connectivity index (χ2n) is 4.99. The first kappa shape index (κ1) is 12.3. The fraction of sp³-hybridized carbons (Fsp3) is 0.500. The summed E-state index contributed by atoms with van der Waals surface area (Å²) in [5.41, 5.74) is 1.74. The number of carbonyl (C=O) groups is 1. The molecule has 1 fully saturated rings. The summed E-state index contributed by atoms with van der Waals surface area (Å²) >= 11 is 0. The third kappa shape index (κ3) is 2.66. The number of hydrogen-bond acceptors (Lipinski definition) is 4. The van der Waals surface area contributed by atoms with Crippen LogP contribution in [-0.2, 0) is 9.53 Å². The normalized spacial score (nSPS) is 23.2. The van der Waals surface area contributed by atoms with E-state index < -0.39 is 6.10 Å². The molecule has 1 atom stereocenters. The first-order valence-corrected chi connectivity index (χ1v) is 6.68. The molecule has 3 rings (SSSR count). The summed E-state index contributed by atoms with van der Waals surface area (Å²) in [6.45, 7) is 3.35. The molecule has 2 N–H and O–H groups in total. The molecule has 2 aliphatic rings. The van der Waals surface area contributed by atoms with Crippen molar-refractivity contribution < 1.29 is 14.3 Å². The van der Waals surface area contributed by atoms with Gasteiger partial charge >= 0.3 is 0 Å². The van der Waals surface area contributed by atoms with Crippen molar-refractivity contribution in [1.82, 2.24) is 0 Å². The van der Waals surface area contributed by atoms with Crippen molar-refractivity contribution in [1.29, 1.82) is 0 Å². The van der Waals surface area contributed by atoms with Crippen LogP contribution >= 0.6 is 0 Å². The van der Waals surface area contributed by atoms with Gasteiger partial charge in [0, 0.05) is 24.9 Å². The van der Waals surface area contributed by atoms with Gasteiger partial charge in [-0.3, -0.25) is 4.79 Å². The lowest BCUT2D eigenvalue weighted by molar-refractivity contribution is -0.122. The van der Waals surface area contributed by atoms with Crippen LogP contribution in [-0.4, -0.2) is 31.3 Å². The standard InChI is InChI=1S/C14H18N2O3/c1-9-14(17)16-12-8-11(2-3-13(12)19-9)15-10-4-6-18-7-5-10/h2-3,8-10,15H,4-7H2,1H3,(H,16,17). The molecule has 102 valence electrons. The number of fused-ring (bicyclic) bond motifs is 1. The van der Waals surface area contributed by atoms with E-state index in [4.69, 9.17) is 9.47 Å². The van der Waals surface area contributed by atoms with Gasteiger partial charge in [-0.25, -0.2) is 0 Å². The van der Waals surface area contributed by atoms with Gasteiger partial charge in [0.15, 0.2) is 6.10 Å². The molecule has 1 aromatic carbocycles. The van der Waals surface area contributed by atoms with Crippen LogP contribution in [0.4, 0.5) is 11.4 Å². The van der Waals surface area contributed by atoms with Crippen LogP contribution in [0.25, 0.3) is 0 Å². The summed E-state index contributed by atoms with van der Waals surface area (Å²) in [6.07, 6.45) is 1.59. The number of amides is 1. The zero-order valence-corrected chi connectivity index (χ0v) is 10.9. The van der Waals surface area contributed by atoms with E-state index in [1.165, 1.54) is 0 Å². The number of ether oxygens (including phenoxy) is 2. The Kier molecular flexibility index (Phi) is 3.29. The highest BCUT2D eigenvalue weighted by atomic mass is 16.5. The zero-order chi connectivity index (χ0) is 13.2. The first-order valence-electron chi connectivity index (χ1n) is 6.68. The van der Waals surface area contributed by atoms with Crippen molar-refractivity contribution in [3.63, 3.8) is 0 Å². The first-order chi connectivity index (χ1) is 9.22. The molecule has 2 heterocycles. The molecule has 1 aromatic rings. The van der Waals surface area contributed by atoms with Crippen molar-refractivity contribution in [3.8, 4) is 5.75 Å². The lowest BCUT2D eigenvalue weighted by Gasteiger charge is -2.26. The summed E-state index contributed by atoms with van der Waals surface area (Å²) in [5.74, 6) is 0.625. The minimum Gasteiger partial charge on any atom is -0.479 e. The maximum Gasteiger partial charge on any atom is 0.265 e. The van der Waals surface area contributed by atoms with E-state index in [1.807, 2.05) is 18.2 Å². The molecule has 0 radical (unpaired) electrons. The predicted octanol–water partition coefficient (Wildman–Crippen LogP) is 2.00. The highest BCUT2D eigenvalue weighted by Crippen LogP contribution is 2.32. The van der Waals surface area contributed by atoms with E-state index >= 15 is 0 Å². The van der Waals surface area contributed by atoms with E-state index in [2.05, 4.69) is 10.6 Å². The molecular weight excluding hydrogens is 244 g/mol. The fourth-order valence-electron chi connectivity index (χ4n) is 2.38. The third-order valence-electron chi connectivity index (χ3n) is 3.50. The number of anilines is 2. The number of carbonyl (C=O) groups excluding carboxylic acids is 1. The average molecular weight is 262 g/mol. The molecule has 0 bridgehead atoms. The molecule has 19 heavy (non-hydrogen) atoms.